The summed E-state index contributed by atoms with van der Waals surface area (Å²) >= 11 is 3.25. The van der Waals surface area contributed by atoms with E-state index in [0.717, 1.165) is 0 Å². The Hall–Kier alpha value is -1.89. The van der Waals surface area contributed by atoms with E-state index in [0.29, 0.717) is 10.0 Å². The summed E-state index contributed by atoms with van der Waals surface area (Å²) in [4.78, 5) is 35.2. The molecule has 2 N–H and O–H groups in total. The summed E-state index contributed by atoms with van der Waals surface area (Å²) < 4.78 is 0.643. The smallest absolute Gasteiger partial charge is 0.305 e. The quantitative estimate of drug-likeness (QED) is 0.810. The average molecular weight is 343 g/mol. The van der Waals surface area contributed by atoms with Crippen molar-refractivity contribution in [2.24, 2.45) is 0 Å². The fourth-order valence-electron chi connectivity index (χ4n) is 1.42. The van der Waals surface area contributed by atoms with E-state index in [2.05, 4.69) is 21.2 Å². The maximum absolute atomic E-state index is 11.9. The maximum atomic E-state index is 11.9. The number of halogens is 1. The molecule has 1 aromatic rings. The minimum Gasteiger partial charge on any atom is -0.481 e. The van der Waals surface area contributed by atoms with Crippen LogP contribution in [0.1, 0.15) is 16.8 Å². The average Bonchev–Trinajstić information content (AvgIpc) is 2.42. The minimum absolute atomic E-state index is 0.110. The normalized spacial score (nSPS) is 9.90. The van der Waals surface area contributed by atoms with Crippen LogP contribution in [0, 0.1) is 0 Å². The molecule has 0 aliphatic carbocycles. The second-order valence-electron chi connectivity index (χ2n) is 4.12. The van der Waals surface area contributed by atoms with Gasteiger partial charge in [-0.3, -0.25) is 14.4 Å². The van der Waals surface area contributed by atoms with Gasteiger partial charge in [-0.15, -0.1) is 0 Å². The number of likely N-dealkylation sites (N-methyl/N-ethyl adjacent to an activating group) is 1. The zero-order valence-corrected chi connectivity index (χ0v) is 12.5. The summed E-state index contributed by atoms with van der Waals surface area (Å²) in [7, 11) is 1.50. The van der Waals surface area contributed by atoms with Crippen molar-refractivity contribution in [3.63, 3.8) is 0 Å². The van der Waals surface area contributed by atoms with Crippen molar-refractivity contribution in [1.82, 2.24) is 10.2 Å². The van der Waals surface area contributed by atoms with Gasteiger partial charge in [-0.25, -0.2) is 0 Å². The molecule has 7 heteroatoms. The Bertz CT molecular complexity index is 519. The van der Waals surface area contributed by atoms with Gasteiger partial charge in [0.1, 0.15) is 0 Å². The van der Waals surface area contributed by atoms with Gasteiger partial charge in [0.15, 0.2) is 0 Å². The second kappa shape index (κ2) is 7.64. The number of nitrogens with zero attached hydrogens (tertiary/aromatic N) is 1. The first-order chi connectivity index (χ1) is 9.41. The van der Waals surface area contributed by atoms with Crippen molar-refractivity contribution in [3.05, 3.63) is 34.3 Å². The topological polar surface area (TPSA) is 86.7 Å². The molecule has 0 radical (unpaired) electrons. The van der Waals surface area contributed by atoms with Crippen molar-refractivity contribution in [2.45, 2.75) is 6.42 Å². The minimum atomic E-state index is -0.970. The van der Waals surface area contributed by atoms with E-state index in [1.807, 2.05) is 0 Å². The maximum Gasteiger partial charge on any atom is 0.305 e. The van der Waals surface area contributed by atoms with Crippen molar-refractivity contribution in [1.29, 1.82) is 0 Å². The monoisotopic (exact) mass is 342 g/mol. The van der Waals surface area contributed by atoms with E-state index in [4.69, 9.17) is 5.11 Å². The van der Waals surface area contributed by atoms with Gasteiger partial charge < -0.3 is 15.3 Å². The van der Waals surface area contributed by atoms with Crippen LogP contribution in [0.15, 0.2) is 28.7 Å². The number of carboxylic acids is 1. The molecule has 1 aromatic carbocycles. The Morgan fingerprint density at radius 2 is 1.95 bits per heavy atom. The molecule has 108 valence electrons. The summed E-state index contributed by atoms with van der Waals surface area (Å²) in [5.41, 5.74) is 0.438. The van der Waals surface area contributed by atoms with Crippen molar-refractivity contribution < 1.29 is 19.5 Å². The molecule has 0 aliphatic rings. The number of carbonyl (C=O) groups is 3. The number of carboxylic acid groups (broad SMARTS) is 1. The van der Waals surface area contributed by atoms with Crippen molar-refractivity contribution >= 4 is 33.7 Å². The lowest BCUT2D eigenvalue weighted by atomic mass is 10.2. The molecule has 6 nitrogen and oxygen atoms in total. The fraction of sp³-hybridized carbons (Fsp3) is 0.308. The highest BCUT2D eigenvalue weighted by Crippen LogP contribution is 2.15. The molecule has 0 aromatic heterocycles. The van der Waals surface area contributed by atoms with Crippen LogP contribution < -0.4 is 5.32 Å². The first kappa shape index (κ1) is 16.2. The van der Waals surface area contributed by atoms with Crippen LogP contribution in [-0.2, 0) is 9.59 Å². The molecule has 0 atom stereocenters. The van der Waals surface area contributed by atoms with Crippen LogP contribution in [0.25, 0.3) is 0 Å². The van der Waals surface area contributed by atoms with Gasteiger partial charge in [0, 0.05) is 18.1 Å². The summed E-state index contributed by atoms with van der Waals surface area (Å²) in [6, 6.07) is 6.87. The molecule has 0 saturated carbocycles. The molecule has 0 aliphatic heterocycles. The van der Waals surface area contributed by atoms with E-state index in [-0.39, 0.29) is 31.3 Å². The number of nitrogens with one attached hydrogen (secondary N) is 1. The van der Waals surface area contributed by atoms with E-state index < -0.39 is 5.97 Å². The molecular formula is C13H15BrN2O4. The standard InChI is InChI=1S/C13H15BrN2O4/c1-16(7-6-12(18)19)11(17)8-15-13(20)9-4-2-3-5-10(9)14/h2-5H,6-8H2,1H3,(H,15,20)(H,18,19). The predicted octanol–water partition coefficient (Wildman–Crippen LogP) is 1.11. The van der Waals surface area contributed by atoms with Gasteiger partial charge >= 0.3 is 5.97 Å². The highest BCUT2D eigenvalue weighted by Gasteiger charge is 2.13. The summed E-state index contributed by atoms with van der Waals surface area (Å²) in [5, 5.41) is 11.0. The lowest BCUT2D eigenvalue weighted by Crippen LogP contribution is -2.39. The number of carbonyl (C=O) groups excluding carboxylic acids is 2. The Morgan fingerprint density at radius 3 is 2.55 bits per heavy atom. The number of hydrogen-bond donors (Lipinski definition) is 2. The Labute approximate surface area is 124 Å². The van der Waals surface area contributed by atoms with Crippen LogP contribution in [0.2, 0.25) is 0 Å². The van der Waals surface area contributed by atoms with Gasteiger partial charge in [0.2, 0.25) is 5.91 Å². The molecule has 1 rings (SSSR count). The lowest BCUT2D eigenvalue weighted by Gasteiger charge is -2.16. The third-order valence-electron chi connectivity index (χ3n) is 2.61. The lowest BCUT2D eigenvalue weighted by molar-refractivity contribution is -0.138. The molecule has 0 heterocycles. The Balaban J connectivity index is 2.47. The number of rotatable bonds is 6. The highest BCUT2D eigenvalue weighted by molar-refractivity contribution is 9.10. The van der Waals surface area contributed by atoms with Crippen LogP contribution >= 0.6 is 15.9 Å². The highest BCUT2D eigenvalue weighted by atomic mass is 79.9. The summed E-state index contributed by atoms with van der Waals surface area (Å²) in [6.07, 6.45) is -0.125. The number of aliphatic carboxylic acids is 1. The van der Waals surface area contributed by atoms with Crippen molar-refractivity contribution in [2.75, 3.05) is 20.1 Å². The van der Waals surface area contributed by atoms with Gasteiger partial charge in [0.25, 0.3) is 5.91 Å². The molecule has 2 amide bonds. The number of amides is 2. The summed E-state index contributed by atoms with van der Waals surface area (Å²) in [6.45, 7) is -0.0602. The van der Waals surface area contributed by atoms with Gasteiger partial charge in [-0.1, -0.05) is 12.1 Å². The third-order valence-corrected chi connectivity index (χ3v) is 3.30. The van der Waals surface area contributed by atoms with E-state index in [9.17, 15) is 14.4 Å². The Morgan fingerprint density at radius 1 is 1.30 bits per heavy atom. The van der Waals surface area contributed by atoms with Crippen molar-refractivity contribution in [3.8, 4) is 0 Å². The largest absolute Gasteiger partial charge is 0.481 e. The Kier molecular flexibility index (Phi) is 6.17. The second-order valence-corrected chi connectivity index (χ2v) is 4.98. The van der Waals surface area contributed by atoms with E-state index in [1.165, 1.54) is 11.9 Å². The summed E-state index contributed by atoms with van der Waals surface area (Å²) in [5.74, 6) is -1.67. The molecular weight excluding hydrogens is 328 g/mol. The zero-order valence-electron chi connectivity index (χ0n) is 10.9. The third kappa shape index (κ3) is 5.00. The number of hydrogen-bond acceptors (Lipinski definition) is 3. The molecule has 0 spiro atoms. The van der Waals surface area contributed by atoms with Gasteiger partial charge in [0.05, 0.1) is 18.5 Å². The molecule has 0 fully saturated rings. The van der Waals surface area contributed by atoms with Crippen LogP contribution in [0.5, 0.6) is 0 Å². The van der Waals surface area contributed by atoms with Gasteiger partial charge in [-0.2, -0.15) is 0 Å². The molecule has 0 saturated heterocycles. The van der Waals surface area contributed by atoms with Crippen LogP contribution in [0.3, 0.4) is 0 Å². The van der Waals surface area contributed by atoms with Gasteiger partial charge in [-0.05, 0) is 28.1 Å². The van der Waals surface area contributed by atoms with E-state index in [1.54, 1.807) is 24.3 Å². The molecule has 20 heavy (non-hydrogen) atoms. The van der Waals surface area contributed by atoms with E-state index >= 15 is 0 Å². The zero-order chi connectivity index (χ0) is 15.1. The van der Waals surface area contributed by atoms with Crippen LogP contribution in [0.4, 0.5) is 0 Å². The SMILES string of the molecule is CN(CCC(=O)O)C(=O)CNC(=O)c1ccccc1Br. The first-order valence-corrected chi connectivity index (χ1v) is 6.69. The molecule has 0 bridgehead atoms. The van der Waals surface area contributed by atoms with Crippen LogP contribution in [-0.4, -0.2) is 47.9 Å². The first-order valence-electron chi connectivity index (χ1n) is 5.90. The fourth-order valence-corrected chi connectivity index (χ4v) is 1.88. The molecule has 0 unspecified atom stereocenters. The predicted molar refractivity (Wildman–Crippen MR) is 76.4 cm³/mol. The number of benzene rings is 1.